The van der Waals surface area contributed by atoms with E-state index in [4.69, 9.17) is 0 Å². The van der Waals surface area contributed by atoms with Crippen molar-refractivity contribution >= 4 is 57.3 Å². The first kappa shape index (κ1) is 35.4. The smallest absolute Gasteiger partial charge is 0.221 e. The maximum atomic E-state index is 15.1. The third kappa shape index (κ3) is 6.82. The van der Waals surface area contributed by atoms with Crippen LogP contribution in [0.3, 0.4) is 0 Å². The Morgan fingerprint density at radius 1 is 0.580 bits per heavy atom. The number of benzene rings is 4. The third-order valence-corrected chi connectivity index (χ3v) is 12.8. The molecule has 13 heteroatoms. The van der Waals surface area contributed by atoms with Crippen molar-refractivity contribution in [1.29, 1.82) is 0 Å². The summed E-state index contributed by atoms with van der Waals surface area (Å²) in [4.78, 5) is 20.8. The van der Waals surface area contributed by atoms with E-state index in [1.807, 2.05) is 13.8 Å². The number of nitrogens with one attached hydrogen (secondary N) is 2. The first-order valence-electron chi connectivity index (χ1n) is 15.2. The second-order valence-electron chi connectivity index (χ2n) is 11.9. The van der Waals surface area contributed by atoms with Gasteiger partial charge in [-0.25, -0.2) is 16.8 Å². The number of carbonyl (C=O) groups excluding carboxylic acids is 1. The predicted octanol–water partition coefficient (Wildman–Crippen LogP) is 8.09. The van der Waals surface area contributed by atoms with Crippen molar-refractivity contribution in [1.82, 2.24) is 9.97 Å². The second-order valence-corrected chi connectivity index (χ2v) is 17.6. The van der Waals surface area contributed by atoms with Crippen LogP contribution in [0.25, 0.3) is 0 Å². The van der Waals surface area contributed by atoms with Crippen molar-refractivity contribution in [3.05, 3.63) is 152 Å². The van der Waals surface area contributed by atoms with E-state index in [0.717, 1.165) is 11.1 Å². The van der Waals surface area contributed by atoms with Gasteiger partial charge in [-0.05, 0) is 97.8 Å². The third-order valence-electron chi connectivity index (χ3n) is 8.44. The molecule has 0 amide bonds. The number of carbonyl (C=O) groups is 1. The molecule has 0 radical (unpaired) electrons. The molecule has 2 heterocycles. The van der Waals surface area contributed by atoms with E-state index in [1.165, 1.54) is 60.9 Å². The van der Waals surface area contributed by atoms with Crippen LogP contribution in [-0.2, 0) is 24.5 Å². The molecule has 0 aliphatic carbocycles. The highest BCUT2D eigenvalue weighted by Gasteiger charge is 2.37. The molecular formula is C37H30Br2N2O7S2. The molecule has 4 N–H and O–H groups in total. The van der Waals surface area contributed by atoms with E-state index >= 15 is 4.79 Å². The average molecular weight is 839 g/mol. The van der Waals surface area contributed by atoms with E-state index < -0.39 is 37.3 Å². The molecule has 4 aromatic carbocycles. The molecule has 50 heavy (non-hydrogen) atoms. The lowest BCUT2D eigenvalue weighted by atomic mass is 9.78. The fraction of sp³-hybridized carbons (Fsp3) is 0.108. The van der Waals surface area contributed by atoms with Crippen molar-refractivity contribution in [3.8, 4) is 11.5 Å². The quantitative estimate of drug-likeness (QED) is 0.109. The van der Waals surface area contributed by atoms with Crippen LogP contribution in [0, 0.1) is 13.8 Å². The summed E-state index contributed by atoms with van der Waals surface area (Å²) in [5, 5.41) is 21.9. The number of aromatic nitrogens is 2. The van der Waals surface area contributed by atoms with E-state index in [1.54, 1.807) is 48.5 Å². The monoisotopic (exact) mass is 836 g/mol. The molecule has 6 rings (SSSR count). The second kappa shape index (κ2) is 13.7. The van der Waals surface area contributed by atoms with Crippen LogP contribution in [-0.4, -0.2) is 42.8 Å². The fourth-order valence-corrected chi connectivity index (χ4v) is 9.05. The largest absolute Gasteiger partial charge is 0.508 e. The van der Waals surface area contributed by atoms with Crippen LogP contribution < -0.4 is 0 Å². The molecule has 9 nitrogen and oxygen atoms in total. The van der Waals surface area contributed by atoms with Crippen molar-refractivity contribution in [2.45, 2.75) is 45.5 Å². The number of aromatic hydroxyl groups is 2. The Bertz CT molecular complexity index is 2280. The van der Waals surface area contributed by atoms with Crippen LogP contribution >= 0.6 is 31.9 Å². The fourth-order valence-electron chi connectivity index (χ4n) is 5.78. The van der Waals surface area contributed by atoms with Gasteiger partial charge < -0.3 is 20.2 Å². The highest BCUT2D eigenvalue weighted by molar-refractivity contribution is 9.10. The van der Waals surface area contributed by atoms with Gasteiger partial charge in [-0.15, -0.1) is 0 Å². The van der Waals surface area contributed by atoms with Gasteiger partial charge in [0.2, 0.25) is 19.7 Å². The molecule has 0 bridgehead atoms. The molecule has 0 spiro atoms. The summed E-state index contributed by atoms with van der Waals surface area (Å²) in [6.45, 7) is 3.68. The topological polar surface area (TPSA) is 157 Å². The summed E-state index contributed by atoms with van der Waals surface area (Å²) in [7, 11) is -8.06. The Labute approximate surface area is 306 Å². The van der Waals surface area contributed by atoms with Crippen molar-refractivity contribution < 1.29 is 31.8 Å². The van der Waals surface area contributed by atoms with E-state index in [2.05, 4.69) is 41.8 Å². The molecule has 0 saturated carbocycles. The zero-order valence-electron chi connectivity index (χ0n) is 26.6. The lowest BCUT2D eigenvalue weighted by Gasteiger charge is -2.24. The number of phenols is 2. The van der Waals surface area contributed by atoms with E-state index in [0.29, 0.717) is 8.95 Å². The number of rotatable bonds is 10. The Kier molecular flexibility index (Phi) is 9.70. The van der Waals surface area contributed by atoms with Crippen LogP contribution in [0.2, 0.25) is 0 Å². The summed E-state index contributed by atoms with van der Waals surface area (Å²) in [5.74, 6) is -3.63. The first-order valence-corrected chi connectivity index (χ1v) is 19.7. The van der Waals surface area contributed by atoms with Crippen LogP contribution in [0.5, 0.6) is 11.5 Å². The minimum absolute atomic E-state index is 0.0521. The van der Waals surface area contributed by atoms with Crippen molar-refractivity contribution in [2.24, 2.45) is 0 Å². The Balaban J connectivity index is 1.53. The lowest BCUT2D eigenvalue weighted by Crippen LogP contribution is -2.23. The van der Waals surface area contributed by atoms with Crippen molar-refractivity contribution in [3.63, 3.8) is 0 Å². The summed E-state index contributed by atoms with van der Waals surface area (Å²) < 4.78 is 55.6. The lowest BCUT2D eigenvalue weighted by molar-refractivity contribution is -0.120. The van der Waals surface area contributed by atoms with Gasteiger partial charge in [0, 0.05) is 32.5 Å². The summed E-state index contributed by atoms with van der Waals surface area (Å²) in [5.41, 5.74) is 2.52. The van der Waals surface area contributed by atoms with Gasteiger partial charge in [0.1, 0.15) is 21.6 Å². The zero-order valence-corrected chi connectivity index (χ0v) is 31.4. The van der Waals surface area contributed by atoms with Crippen molar-refractivity contribution in [2.75, 3.05) is 0 Å². The molecule has 6 aromatic rings. The minimum Gasteiger partial charge on any atom is -0.508 e. The SMILES string of the molecule is Cc1ccc(S(=O)(=O)c2cc(C(C(=O)C(c3c[nH]c(S(=O)(=O)c4ccc(C)cc4)c3)c3cc(Br)ccc3O)c3cc(Br)ccc3O)c[nH]2)cc1. The van der Waals surface area contributed by atoms with Gasteiger partial charge in [-0.3, -0.25) is 4.79 Å². The van der Waals surface area contributed by atoms with Gasteiger partial charge in [0.05, 0.1) is 21.6 Å². The van der Waals surface area contributed by atoms with E-state index in [9.17, 15) is 27.0 Å². The number of sulfone groups is 2. The molecule has 0 aliphatic heterocycles. The molecule has 256 valence electrons. The maximum Gasteiger partial charge on any atom is 0.221 e. The number of halogens is 2. The van der Waals surface area contributed by atoms with Gasteiger partial charge in [0.15, 0.2) is 5.78 Å². The number of ketones is 1. The van der Waals surface area contributed by atoms with Gasteiger partial charge in [-0.1, -0.05) is 67.3 Å². The van der Waals surface area contributed by atoms with Gasteiger partial charge in [-0.2, -0.15) is 0 Å². The van der Waals surface area contributed by atoms with E-state index in [-0.39, 0.29) is 53.6 Å². The highest BCUT2D eigenvalue weighted by atomic mass is 79.9. The standard InChI is InChI=1S/C37H30Br2N2O7S2/c1-21-3-9-27(10-4-21)49(45,46)33-15-23(19-40-33)35(29-17-25(38)7-13-31(29)42)37(44)36(30-18-26(39)8-14-32(30)43)24-16-34(41-20-24)50(47,48)28-11-5-22(2)6-12-28/h3-20,35-36,40-43H,1-2H3. The number of aromatic amines is 2. The summed E-state index contributed by atoms with van der Waals surface area (Å²) >= 11 is 6.83. The molecule has 0 saturated heterocycles. The first-order chi connectivity index (χ1) is 23.7. The van der Waals surface area contributed by atoms with Gasteiger partial charge >= 0.3 is 0 Å². The summed E-state index contributed by atoms with van der Waals surface area (Å²) in [6, 6.07) is 24.5. The minimum atomic E-state index is -4.03. The predicted molar refractivity (Wildman–Crippen MR) is 195 cm³/mol. The number of phenolic OH excluding ortho intramolecular Hbond substituents is 2. The average Bonchev–Trinajstić information content (AvgIpc) is 3.77. The van der Waals surface area contributed by atoms with Gasteiger partial charge in [0.25, 0.3) is 0 Å². The maximum absolute atomic E-state index is 15.1. The Morgan fingerprint density at radius 2 is 0.940 bits per heavy atom. The molecule has 2 atom stereocenters. The molecule has 0 aliphatic rings. The van der Waals surface area contributed by atoms with Crippen LogP contribution in [0.15, 0.2) is 138 Å². The summed E-state index contributed by atoms with van der Waals surface area (Å²) in [6.07, 6.45) is 2.79. The molecule has 2 aromatic heterocycles. The number of Topliss-reactive ketones (excluding diaryl/α,β-unsaturated/α-hetero) is 1. The van der Waals surface area contributed by atoms with Crippen LogP contribution in [0.4, 0.5) is 0 Å². The highest BCUT2D eigenvalue weighted by Crippen LogP contribution is 2.43. The Morgan fingerprint density at radius 3 is 1.30 bits per heavy atom. The normalized spacial score (nSPS) is 13.2. The number of hydrogen-bond donors (Lipinski definition) is 4. The Hall–Kier alpha value is -4.43. The molecule has 2 unspecified atom stereocenters. The number of hydrogen-bond acceptors (Lipinski definition) is 7. The zero-order chi connectivity index (χ0) is 36.0. The molecular weight excluding hydrogens is 808 g/mol. The number of aryl methyl sites for hydroxylation is 2. The molecule has 0 fully saturated rings. The van der Waals surface area contributed by atoms with Crippen LogP contribution in [0.1, 0.15) is 45.2 Å². The number of H-pyrrole nitrogens is 2.